The number of anilines is 1. The summed E-state index contributed by atoms with van der Waals surface area (Å²) in [5.74, 6) is 1.05. The molecule has 0 saturated carbocycles. The van der Waals surface area contributed by atoms with Gasteiger partial charge in [0.25, 0.3) is 5.91 Å². The maximum absolute atomic E-state index is 13.0. The molecule has 0 unspecified atom stereocenters. The number of pyridine rings is 1. The lowest BCUT2D eigenvalue weighted by Crippen LogP contribution is -2.24. The van der Waals surface area contributed by atoms with E-state index in [0.717, 1.165) is 23.3 Å². The number of carbonyl (C=O) groups is 1. The van der Waals surface area contributed by atoms with Gasteiger partial charge >= 0.3 is 0 Å². The molecule has 3 heterocycles. The van der Waals surface area contributed by atoms with E-state index in [1.165, 1.54) is 6.20 Å². The maximum atomic E-state index is 13.0. The van der Waals surface area contributed by atoms with E-state index in [1.807, 2.05) is 38.1 Å². The monoisotopic (exact) mass is 417 g/mol. The highest BCUT2D eigenvalue weighted by atomic mass is 16.5. The molecule has 2 aromatic heterocycles. The summed E-state index contributed by atoms with van der Waals surface area (Å²) in [5.41, 5.74) is 8.00. The molecule has 4 rings (SSSR count). The third kappa shape index (κ3) is 4.63. The van der Waals surface area contributed by atoms with Gasteiger partial charge in [0.05, 0.1) is 11.3 Å². The molecule has 1 amide bonds. The third-order valence-electron chi connectivity index (χ3n) is 4.77. The minimum atomic E-state index is -0.430. The van der Waals surface area contributed by atoms with Gasteiger partial charge in [0, 0.05) is 49.0 Å². The first-order chi connectivity index (χ1) is 14.9. The van der Waals surface area contributed by atoms with Crippen LogP contribution in [0.1, 0.15) is 30.8 Å². The molecule has 0 aliphatic carbocycles. The average molecular weight is 417 g/mol. The molecule has 0 fully saturated rings. The first-order valence-corrected chi connectivity index (χ1v) is 9.83. The number of rotatable bonds is 6. The SMILES string of the molecule is CC1(C)Cc2cc(NC(=O)C(=CN)c3ncccn3)c(OCc3ccncc3)cc2O1. The van der Waals surface area contributed by atoms with Crippen LogP contribution in [0.15, 0.2) is 61.3 Å². The fourth-order valence-electron chi connectivity index (χ4n) is 3.37. The molecule has 0 bridgehead atoms. The van der Waals surface area contributed by atoms with Crippen LogP contribution in [0, 0.1) is 0 Å². The lowest BCUT2D eigenvalue weighted by Gasteiger charge is -2.17. The predicted molar refractivity (Wildman–Crippen MR) is 116 cm³/mol. The van der Waals surface area contributed by atoms with Gasteiger partial charge in [-0.25, -0.2) is 9.97 Å². The molecule has 0 spiro atoms. The summed E-state index contributed by atoms with van der Waals surface area (Å²) in [5, 5.41) is 2.89. The van der Waals surface area contributed by atoms with Crippen molar-refractivity contribution in [1.29, 1.82) is 0 Å². The van der Waals surface area contributed by atoms with Crippen LogP contribution in [0.5, 0.6) is 11.5 Å². The molecule has 3 N–H and O–H groups in total. The van der Waals surface area contributed by atoms with Gasteiger partial charge in [-0.05, 0) is 43.7 Å². The Morgan fingerprint density at radius 1 is 1.23 bits per heavy atom. The maximum Gasteiger partial charge on any atom is 0.261 e. The average Bonchev–Trinajstić information content (AvgIpc) is 3.06. The van der Waals surface area contributed by atoms with Gasteiger partial charge in [-0.15, -0.1) is 0 Å². The third-order valence-corrected chi connectivity index (χ3v) is 4.77. The number of ether oxygens (including phenoxy) is 2. The zero-order valence-corrected chi connectivity index (χ0v) is 17.3. The molecule has 1 aliphatic rings. The van der Waals surface area contributed by atoms with Crippen LogP contribution in [-0.2, 0) is 17.8 Å². The Morgan fingerprint density at radius 2 is 1.97 bits per heavy atom. The van der Waals surface area contributed by atoms with Crippen LogP contribution in [0.3, 0.4) is 0 Å². The smallest absolute Gasteiger partial charge is 0.261 e. The van der Waals surface area contributed by atoms with Crippen molar-refractivity contribution in [2.75, 3.05) is 5.32 Å². The number of amides is 1. The van der Waals surface area contributed by atoms with Crippen molar-refractivity contribution in [3.8, 4) is 11.5 Å². The zero-order valence-electron chi connectivity index (χ0n) is 17.3. The predicted octanol–water partition coefficient (Wildman–Crippen LogP) is 3.10. The fraction of sp³-hybridized carbons (Fsp3) is 0.217. The summed E-state index contributed by atoms with van der Waals surface area (Å²) in [6.45, 7) is 4.35. The highest BCUT2D eigenvalue weighted by Gasteiger charge is 2.31. The van der Waals surface area contributed by atoms with Crippen LogP contribution in [-0.4, -0.2) is 26.5 Å². The molecule has 31 heavy (non-hydrogen) atoms. The van der Waals surface area contributed by atoms with E-state index in [0.29, 0.717) is 18.0 Å². The molecule has 8 heteroatoms. The van der Waals surface area contributed by atoms with E-state index < -0.39 is 5.91 Å². The Balaban J connectivity index is 1.63. The minimum absolute atomic E-state index is 0.165. The van der Waals surface area contributed by atoms with Crippen molar-refractivity contribution >= 4 is 17.2 Å². The molecule has 0 radical (unpaired) electrons. The van der Waals surface area contributed by atoms with Crippen LogP contribution in [0.4, 0.5) is 5.69 Å². The number of nitrogens with one attached hydrogen (secondary N) is 1. The number of aromatic nitrogens is 3. The molecule has 0 saturated heterocycles. The van der Waals surface area contributed by atoms with Crippen molar-refractivity contribution in [3.63, 3.8) is 0 Å². The van der Waals surface area contributed by atoms with E-state index in [-0.39, 0.29) is 17.0 Å². The van der Waals surface area contributed by atoms with Crippen LogP contribution in [0.25, 0.3) is 5.57 Å². The van der Waals surface area contributed by atoms with Crippen LogP contribution >= 0.6 is 0 Å². The Kier molecular flexibility index (Phi) is 5.53. The second-order valence-electron chi connectivity index (χ2n) is 7.75. The van der Waals surface area contributed by atoms with Crippen molar-refractivity contribution in [2.24, 2.45) is 5.73 Å². The molecular formula is C23H23N5O3. The molecule has 1 aromatic carbocycles. The lowest BCUT2D eigenvalue weighted by atomic mass is 10.0. The largest absolute Gasteiger partial charge is 0.487 e. The number of hydrogen-bond donors (Lipinski definition) is 2. The molecule has 0 atom stereocenters. The van der Waals surface area contributed by atoms with Gasteiger partial charge in [-0.2, -0.15) is 0 Å². The van der Waals surface area contributed by atoms with E-state index in [2.05, 4.69) is 20.3 Å². The van der Waals surface area contributed by atoms with Crippen molar-refractivity contribution in [2.45, 2.75) is 32.5 Å². The Bertz CT molecular complexity index is 1110. The number of hydrogen-bond acceptors (Lipinski definition) is 7. The molecule has 1 aliphatic heterocycles. The second-order valence-corrected chi connectivity index (χ2v) is 7.75. The van der Waals surface area contributed by atoms with Crippen LogP contribution < -0.4 is 20.5 Å². The summed E-state index contributed by atoms with van der Waals surface area (Å²) in [6, 6.07) is 9.10. The van der Waals surface area contributed by atoms with E-state index in [4.69, 9.17) is 15.2 Å². The summed E-state index contributed by atoms with van der Waals surface area (Å²) in [6.07, 6.45) is 8.43. The highest BCUT2D eigenvalue weighted by molar-refractivity contribution is 6.24. The highest BCUT2D eigenvalue weighted by Crippen LogP contribution is 2.41. The first kappa shape index (κ1) is 20.3. The zero-order chi connectivity index (χ0) is 21.8. The molecule has 8 nitrogen and oxygen atoms in total. The van der Waals surface area contributed by atoms with Crippen molar-refractivity contribution < 1.29 is 14.3 Å². The Labute approximate surface area is 180 Å². The van der Waals surface area contributed by atoms with Crippen LogP contribution in [0.2, 0.25) is 0 Å². The standard InChI is InChI=1S/C23H23N5O3/c1-23(2)12-16-10-18(28-22(29)17(13-24)21-26-6-3-7-27-21)20(11-19(16)31-23)30-14-15-4-8-25-9-5-15/h3-11,13H,12,14,24H2,1-2H3,(H,28,29). The van der Waals surface area contributed by atoms with Gasteiger partial charge in [0.2, 0.25) is 0 Å². The number of carbonyl (C=O) groups excluding carboxylic acids is 1. The normalized spacial score (nSPS) is 14.5. The van der Waals surface area contributed by atoms with Gasteiger partial charge < -0.3 is 20.5 Å². The summed E-state index contributed by atoms with van der Waals surface area (Å²) in [7, 11) is 0. The van der Waals surface area contributed by atoms with Crippen molar-refractivity contribution in [1.82, 2.24) is 15.0 Å². The number of benzene rings is 1. The van der Waals surface area contributed by atoms with Gasteiger partial charge in [-0.1, -0.05) is 0 Å². The molecule has 158 valence electrons. The summed E-state index contributed by atoms with van der Waals surface area (Å²) < 4.78 is 12.1. The van der Waals surface area contributed by atoms with Gasteiger partial charge in [0.1, 0.15) is 23.7 Å². The minimum Gasteiger partial charge on any atom is -0.487 e. The molecule has 3 aromatic rings. The fourth-order valence-corrected chi connectivity index (χ4v) is 3.37. The van der Waals surface area contributed by atoms with E-state index in [1.54, 1.807) is 30.9 Å². The molecular weight excluding hydrogens is 394 g/mol. The Morgan fingerprint density at radius 3 is 2.68 bits per heavy atom. The lowest BCUT2D eigenvalue weighted by molar-refractivity contribution is -0.111. The number of nitrogens with zero attached hydrogens (tertiary/aromatic N) is 3. The van der Waals surface area contributed by atoms with E-state index in [9.17, 15) is 4.79 Å². The van der Waals surface area contributed by atoms with Gasteiger partial charge in [0.15, 0.2) is 5.82 Å². The first-order valence-electron chi connectivity index (χ1n) is 9.83. The van der Waals surface area contributed by atoms with E-state index >= 15 is 0 Å². The van der Waals surface area contributed by atoms with Gasteiger partial charge in [-0.3, -0.25) is 9.78 Å². The topological polar surface area (TPSA) is 112 Å². The quantitative estimate of drug-likeness (QED) is 0.593. The summed E-state index contributed by atoms with van der Waals surface area (Å²) >= 11 is 0. The Hall–Kier alpha value is -3.94. The second kappa shape index (κ2) is 8.43. The number of fused-ring (bicyclic) bond motifs is 1. The number of nitrogens with two attached hydrogens (primary N) is 1. The summed E-state index contributed by atoms with van der Waals surface area (Å²) in [4.78, 5) is 25.2. The van der Waals surface area contributed by atoms with Crippen molar-refractivity contribution in [3.05, 3.63) is 78.3 Å².